The van der Waals surface area contributed by atoms with Crippen molar-refractivity contribution >= 4 is 9.84 Å². The molecule has 0 atom stereocenters. The number of nitrogens with zero attached hydrogens (tertiary/aromatic N) is 2. The SMILES string of the molecule is CS(=O)(=O)CCCn1cc(CN)cn1. The standard InChI is InChI=1S/C8H15N3O2S/c1-14(12,13)4-2-3-11-7-8(5-9)6-10-11/h6-7H,2-5,9H2,1H3. The fourth-order valence-corrected chi connectivity index (χ4v) is 1.78. The van der Waals surface area contributed by atoms with E-state index in [0.717, 1.165) is 5.56 Å². The lowest BCUT2D eigenvalue weighted by Gasteiger charge is -1.99. The molecule has 0 radical (unpaired) electrons. The maximum absolute atomic E-state index is 10.8. The second kappa shape index (κ2) is 4.56. The van der Waals surface area contributed by atoms with Crippen LogP contribution in [0.3, 0.4) is 0 Å². The number of aryl methyl sites for hydroxylation is 1. The summed E-state index contributed by atoms with van der Waals surface area (Å²) in [6.07, 6.45) is 5.36. The van der Waals surface area contributed by atoms with E-state index in [1.54, 1.807) is 10.9 Å². The van der Waals surface area contributed by atoms with Crippen molar-refractivity contribution in [1.82, 2.24) is 9.78 Å². The summed E-state index contributed by atoms with van der Waals surface area (Å²) in [4.78, 5) is 0. The van der Waals surface area contributed by atoms with E-state index in [0.29, 0.717) is 19.5 Å². The van der Waals surface area contributed by atoms with E-state index in [1.807, 2.05) is 6.20 Å². The summed E-state index contributed by atoms with van der Waals surface area (Å²) in [7, 11) is -2.86. The second-order valence-corrected chi connectivity index (χ2v) is 5.56. The van der Waals surface area contributed by atoms with Crippen LogP contribution in [0.4, 0.5) is 0 Å². The van der Waals surface area contributed by atoms with Crippen LogP contribution in [-0.4, -0.2) is 30.2 Å². The third kappa shape index (κ3) is 3.89. The molecule has 0 aliphatic heterocycles. The molecule has 6 heteroatoms. The van der Waals surface area contributed by atoms with Gasteiger partial charge in [-0.3, -0.25) is 4.68 Å². The Balaban J connectivity index is 2.39. The number of hydrogen-bond acceptors (Lipinski definition) is 4. The van der Waals surface area contributed by atoms with Gasteiger partial charge in [0.1, 0.15) is 9.84 Å². The highest BCUT2D eigenvalue weighted by atomic mass is 32.2. The predicted molar refractivity (Wildman–Crippen MR) is 54.4 cm³/mol. The largest absolute Gasteiger partial charge is 0.326 e. The van der Waals surface area contributed by atoms with Crippen LogP contribution in [0.15, 0.2) is 12.4 Å². The number of sulfone groups is 1. The molecule has 0 spiro atoms. The van der Waals surface area contributed by atoms with E-state index in [9.17, 15) is 8.42 Å². The summed E-state index contributed by atoms with van der Waals surface area (Å²) < 4.78 is 23.4. The Morgan fingerprint density at radius 1 is 1.57 bits per heavy atom. The highest BCUT2D eigenvalue weighted by Crippen LogP contribution is 1.98. The minimum Gasteiger partial charge on any atom is -0.326 e. The van der Waals surface area contributed by atoms with Gasteiger partial charge in [-0.05, 0) is 6.42 Å². The molecule has 80 valence electrons. The van der Waals surface area contributed by atoms with E-state index < -0.39 is 9.84 Å². The van der Waals surface area contributed by atoms with E-state index in [2.05, 4.69) is 5.10 Å². The van der Waals surface area contributed by atoms with Gasteiger partial charge in [-0.25, -0.2) is 8.42 Å². The quantitative estimate of drug-likeness (QED) is 0.739. The molecule has 0 bridgehead atoms. The van der Waals surface area contributed by atoms with Gasteiger partial charge in [0.2, 0.25) is 0 Å². The molecular weight excluding hydrogens is 202 g/mol. The first-order valence-corrected chi connectivity index (χ1v) is 6.46. The summed E-state index contributed by atoms with van der Waals surface area (Å²) in [6, 6.07) is 0. The van der Waals surface area contributed by atoms with Crippen LogP contribution < -0.4 is 5.73 Å². The Morgan fingerprint density at radius 3 is 2.79 bits per heavy atom. The topological polar surface area (TPSA) is 78.0 Å². The maximum atomic E-state index is 10.8. The van der Waals surface area contributed by atoms with Gasteiger partial charge in [0, 0.05) is 31.1 Å². The summed E-state index contributed by atoms with van der Waals surface area (Å²) in [6.45, 7) is 1.08. The lowest BCUT2D eigenvalue weighted by molar-refractivity contribution is 0.576. The number of hydrogen-bond donors (Lipinski definition) is 1. The first-order chi connectivity index (χ1) is 6.51. The lowest BCUT2D eigenvalue weighted by atomic mass is 10.4. The zero-order valence-electron chi connectivity index (χ0n) is 8.18. The minimum atomic E-state index is -2.86. The first-order valence-electron chi connectivity index (χ1n) is 4.40. The molecule has 0 fully saturated rings. The predicted octanol–water partition coefficient (Wildman–Crippen LogP) is -0.223. The molecule has 14 heavy (non-hydrogen) atoms. The molecule has 1 rings (SSSR count). The van der Waals surface area contributed by atoms with Gasteiger partial charge >= 0.3 is 0 Å². The van der Waals surface area contributed by atoms with Gasteiger partial charge < -0.3 is 5.73 Å². The summed E-state index contributed by atoms with van der Waals surface area (Å²) in [5.74, 6) is 0.199. The van der Waals surface area contributed by atoms with Gasteiger partial charge in [-0.2, -0.15) is 5.10 Å². The first kappa shape index (κ1) is 11.2. The number of nitrogens with two attached hydrogens (primary N) is 1. The number of aromatic nitrogens is 2. The van der Waals surface area contributed by atoms with Crippen LogP contribution >= 0.6 is 0 Å². The molecule has 0 saturated heterocycles. The van der Waals surface area contributed by atoms with E-state index in [4.69, 9.17) is 5.73 Å². The summed E-state index contributed by atoms with van der Waals surface area (Å²) in [5, 5.41) is 4.05. The van der Waals surface area contributed by atoms with E-state index >= 15 is 0 Å². The Morgan fingerprint density at radius 2 is 2.29 bits per heavy atom. The monoisotopic (exact) mass is 217 g/mol. The van der Waals surface area contributed by atoms with Crippen LogP contribution in [0.5, 0.6) is 0 Å². The van der Waals surface area contributed by atoms with Gasteiger partial charge in [0.15, 0.2) is 0 Å². The van der Waals surface area contributed by atoms with Crippen LogP contribution in [0.1, 0.15) is 12.0 Å². The van der Waals surface area contributed by atoms with E-state index in [-0.39, 0.29) is 5.75 Å². The van der Waals surface area contributed by atoms with Crippen molar-refractivity contribution in [2.45, 2.75) is 19.5 Å². The van der Waals surface area contributed by atoms with Crippen molar-refractivity contribution in [3.63, 3.8) is 0 Å². The minimum absolute atomic E-state index is 0.199. The smallest absolute Gasteiger partial charge is 0.147 e. The average molecular weight is 217 g/mol. The molecule has 2 N–H and O–H groups in total. The lowest BCUT2D eigenvalue weighted by Crippen LogP contribution is -2.07. The van der Waals surface area contributed by atoms with Crippen molar-refractivity contribution in [2.75, 3.05) is 12.0 Å². The molecule has 0 aromatic carbocycles. The van der Waals surface area contributed by atoms with Crippen LogP contribution in [-0.2, 0) is 22.9 Å². The second-order valence-electron chi connectivity index (χ2n) is 3.30. The summed E-state index contributed by atoms with van der Waals surface area (Å²) >= 11 is 0. The molecule has 5 nitrogen and oxygen atoms in total. The normalized spacial score (nSPS) is 11.9. The zero-order valence-corrected chi connectivity index (χ0v) is 9.00. The van der Waals surface area contributed by atoms with Gasteiger partial charge in [0.25, 0.3) is 0 Å². The van der Waals surface area contributed by atoms with Gasteiger partial charge in [-0.1, -0.05) is 0 Å². The Hall–Kier alpha value is -0.880. The zero-order chi connectivity index (χ0) is 10.6. The fraction of sp³-hybridized carbons (Fsp3) is 0.625. The van der Waals surface area contributed by atoms with Crippen molar-refractivity contribution in [3.05, 3.63) is 18.0 Å². The molecule has 1 aromatic rings. The Labute approximate surface area is 83.8 Å². The molecule has 1 aromatic heterocycles. The van der Waals surface area contributed by atoms with Gasteiger partial charge in [-0.15, -0.1) is 0 Å². The molecule has 0 unspecified atom stereocenters. The third-order valence-electron chi connectivity index (χ3n) is 1.82. The van der Waals surface area contributed by atoms with Crippen molar-refractivity contribution in [1.29, 1.82) is 0 Å². The van der Waals surface area contributed by atoms with Crippen LogP contribution in [0.2, 0.25) is 0 Å². The number of rotatable bonds is 5. The molecule has 0 saturated carbocycles. The molecule has 1 heterocycles. The molecular formula is C8H15N3O2S. The van der Waals surface area contributed by atoms with Crippen molar-refractivity contribution in [2.24, 2.45) is 5.73 Å². The highest BCUT2D eigenvalue weighted by Gasteiger charge is 2.02. The molecule has 0 aliphatic rings. The van der Waals surface area contributed by atoms with Crippen LogP contribution in [0, 0.1) is 0 Å². The van der Waals surface area contributed by atoms with E-state index in [1.165, 1.54) is 6.26 Å². The summed E-state index contributed by atoms with van der Waals surface area (Å²) in [5.41, 5.74) is 6.37. The highest BCUT2D eigenvalue weighted by molar-refractivity contribution is 7.90. The Bertz CT molecular complexity index is 383. The molecule has 0 amide bonds. The average Bonchev–Trinajstić information content (AvgIpc) is 2.50. The van der Waals surface area contributed by atoms with Crippen molar-refractivity contribution in [3.8, 4) is 0 Å². The fourth-order valence-electron chi connectivity index (χ4n) is 1.12. The molecule has 0 aliphatic carbocycles. The third-order valence-corrected chi connectivity index (χ3v) is 2.86. The van der Waals surface area contributed by atoms with Crippen LogP contribution in [0.25, 0.3) is 0 Å². The maximum Gasteiger partial charge on any atom is 0.147 e. The Kier molecular flexibility index (Phi) is 3.65. The van der Waals surface area contributed by atoms with Crippen molar-refractivity contribution < 1.29 is 8.42 Å². The van der Waals surface area contributed by atoms with Gasteiger partial charge in [0.05, 0.1) is 11.9 Å².